The fraction of sp³-hybridized carbons (Fsp3) is 0.0278. The summed E-state index contributed by atoms with van der Waals surface area (Å²) in [4.78, 5) is 39.6. The van der Waals surface area contributed by atoms with Crippen LogP contribution < -0.4 is 0 Å². The first-order valence-electron chi connectivity index (χ1n) is 26.9. The van der Waals surface area contributed by atoms with Crippen LogP contribution in [0.1, 0.15) is 45.2 Å². The summed E-state index contributed by atoms with van der Waals surface area (Å²) in [6.07, 6.45) is 3.63. The maximum atomic E-state index is 5.13. The zero-order valence-corrected chi connectivity index (χ0v) is 43.1. The van der Waals surface area contributed by atoms with E-state index >= 15 is 0 Å². The lowest BCUT2D eigenvalue weighted by atomic mass is 9.60. The molecule has 0 aliphatic heterocycles. The van der Waals surface area contributed by atoms with Crippen LogP contribution >= 0.6 is 0 Å². The number of hydrogen-bond acceptors (Lipinski definition) is 8. The first-order chi connectivity index (χ1) is 39.6. The molecule has 16 rings (SSSR count). The van der Waals surface area contributed by atoms with Gasteiger partial charge in [0.25, 0.3) is 0 Å². The minimum absolute atomic E-state index is 0.0753. The molecule has 2 atom stereocenters. The molecular weight excluding hydrogens is 977 g/mol. The van der Waals surface area contributed by atoms with E-state index in [2.05, 4.69) is 168 Å². The van der Waals surface area contributed by atoms with Crippen LogP contribution in [0.15, 0.2) is 267 Å². The summed E-state index contributed by atoms with van der Waals surface area (Å²) in [5.41, 5.74) is 22.0. The maximum absolute atomic E-state index is 5.13. The van der Waals surface area contributed by atoms with E-state index in [0.717, 1.165) is 78.1 Å². The topological polar surface area (TPSA) is 103 Å². The van der Waals surface area contributed by atoms with Crippen LogP contribution in [0.25, 0.3) is 113 Å². The molecule has 2 unspecified atom stereocenters. The highest BCUT2D eigenvalue weighted by Gasteiger charge is 2.41. The third-order valence-electron chi connectivity index (χ3n) is 15.5. The van der Waals surface area contributed by atoms with E-state index in [0.29, 0.717) is 34.9 Å². The van der Waals surface area contributed by atoms with Crippen LogP contribution in [0.4, 0.5) is 0 Å². The Morgan fingerprint density at radius 2 is 0.475 bits per heavy atom. The second kappa shape index (κ2) is 19.7. The molecule has 2 bridgehead atoms. The lowest BCUT2D eigenvalue weighted by Gasteiger charge is -2.42. The Hall–Kier alpha value is -10.7. The van der Waals surface area contributed by atoms with Gasteiger partial charge in [0.15, 0.2) is 34.9 Å². The van der Waals surface area contributed by atoms with Gasteiger partial charge in [-0.3, -0.25) is 9.97 Å². The summed E-state index contributed by atoms with van der Waals surface area (Å²) in [6, 6.07) is 89.0. The quantitative estimate of drug-likeness (QED) is 0.133. The van der Waals surface area contributed by atoms with E-state index in [4.69, 9.17) is 29.9 Å². The van der Waals surface area contributed by atoms with Crippen molar-refractivity contribution in [2.45, 2.75) is 11.8 Å². The average molecular weight is 1020 g/mol. The van der Waals surface area contributed by atoms with Crippen molar-refractivity contribution in [3.8, 4) is 113 Å². The van der Waals surface area contributed by atoms with Crippen LogP contribution in [-0.2, 0) is 0 Å². The standard InChI is InChI=1S/C72H46N8/c1-3-15-47(16-4-1)67-75-69(49-31-27-45(28-32-49)63-25-9-11-39-73-63)79-71(77-67)55-21-13-19-51(41-55)53-35-37-59-61(43-53)65-57-23-7-8-24-58(57)66(59)62-44-54(36-38-60(62)65)52-20-14-22-56(42-52)72-78-68(48-17-5-2-6-18-48)76-70(80-72)50-33-29-46(30-34-50)64-26-10-12-40-74-64/h1-44,65-66H. The molecule has 8 nitrogen and oxygen atoms in total. The normalized spacial score (nSPS) is 13.8. The molecule has 374 valence electrons. The van der Waals surface area contributed by atoms with Crippen molar-refractivity contribution in [2.24, 2.45) is 0 Å². The van der Waals surface area contributed by atoms with Gasteiger partial charge in [-0.1, -0.05) is 206 Å². The monoisotopic (exact) mass is 1020 g/mol. The number of rotatable bonds is 10. The third-order valence-corrected chi connectivity index (χ3v) is 15.5. The molecule has 3 aliphatic rings. The molecule has 0 saturated heterocycles. The number of aromatic nitrogens is 8. The van der Waals surface area contributed by atoms with Gasteiger partial charge >= 0.3 is 0 Å². The molecule has 3 aliphatic carbocycles. The van der Waals surface area contributed by atoms with E-state index in [-0.39, 0.29) is 11.8 Å². The van der Waals surface area contributed by atoms with Gasteiger partial charge in [0, 0.05) is 68.7 Å². The van der Waals surface area contributed by atoms with E-state index in [9.17, 15) is 0 Å². The van der Waals surface area contributed by atoms with E-state index in [1.807, 2.05) is 109 Å². The Kier molecular flexibility index (Phi) is 11.5. The predicted octanol–water partition coefficient (Wildman–Crippen LogP) is 16.5. The maximum Gasteiger partial charge on any atom is 0.164 e. The van der Waals surface area contributed by atoms with E-state index in [1.165, 1.54) is 33.4 Å². The van der Waals surface area contributed by atoms with Crippen LogP contribution in [-0.4, -0.2) is 39.9 Å². The molecule has 4 heterocycles. The van der Waals surface area contributed by atoms with Crippen molar-refractivity contribution < 1.29 is 0 Å². The first kappa shape index (κ1) is 46.6. The summed E-state index contributed by atoms with van der Waals surface area (Å²) in [7, 11) is 0. The Morgan fingerprint density at radius 1 is 0.188 bits per heavy atom. The molecular formula is C72H46N8. The Morgan fingerprint density at radius 3 is 0.863 bits per heavy atom. The van der Waals surface area contributed by atoms with Crippen molar-refractivity contribution in [3.05, 3.63) is 301 Å². The summed E-state index contributed by atoms with van der Waals surface area (Å²) in [5, 5.41) is 0. The fourth-order valence-corrected chi connectivity index (χ4v) is 11.6. The molecule has 0 fully saturated rings. The van der Waals surface area contributed by atoms with Gasteiger partial charge < -0.3 is 0 Å². The van der Waals surface area contributed by atoms with Gasteiger partial charge in [-0.2, -0.15) is 0 Å². The van der Waals surface area contributed by atoms with E-state index < -0.39 is 0 Å². The highest BCUT2D eigenvalue weighted by Crippen LogP contribution is 2.57. The van der Waals surface area contributed by atoms with Crippen molar-refractivity contribution in [1.82, 2.24) is 39.9 Å². The summed E-state index contributed by atoms with van der Waals surface area (Å²) in [5.74, 6) is 3.84. The number of pyridine rings is 2. The van der Waals surface area contributed by atoms with Crippen LogP contribution in [0.2, 0.25) is 0 Å². The van der Waals surface area contributed by atoms with Crippen LogP contribution in [0.3, 0.4) is 0 Å². The predicted molar refractivity (Wildman–Crippen MR) is 318 cm³/mol. The van der Waals surface area contributed by atoms with Gasteiger partial charge in [-0.15, -0.1) is 0 Å². The third kappa shape index (κ3) is 8.52. The summed E-state index contributed by atoms with van der Waals surface area (Å²) < 4.78 is 0. The first-order valence-corrected chi connectivity index (χ1v) is 26.9. The SMILES string of the molecule is c1ccc(-c2nc(-c3ccc(-c4ccccn4)cc3)nc(-c3cccc(-c4ccc5c(c4)C4c6ccccc6C5c5cc(-c6cccc(-c7nc(-c8ccccc8)nc(-c8ccc(-c9ccccn9)cc8)n7)c6)ccc54)c3)n2)cc1. The van der Waals surface area contributed by atoms with Gasteiger partial charge in [0.05, 0.1) is 11.4 Å². The number of nitrogens with zero attached hydrogens (tertiary/aromatic N) is 8. The van der Waals surface area contributed by atoms with Gasteiger partial charge in [0.2, 0.25) is 0 Å². The zero-order valence-electron chi connectivity index (χ0n) is 43.1. The number of hydrogen-bond donors (Lipinski definition) is 0. The van der Waals surface area contributed by atoms with E-state index in [1.54, 1.807) is 0 Å². The lowest BCUT2D eigenvalue weighted by Crippen LogP contribution is -2.27. The van der Waals surface area contributed by atoms with Gasteiger partial charge in [0.1, 0.15) is 0 Å². The van der Waals surface area contributed by atoms with Crippen LogP contribution in [0.5, 0.6) is 0 Å². The van der Waals surface area contributed by atoms with Crippen molar-refractivity contribution in [2.75, 3.05) is 0 Å². The minimum Gasteiger partial charge on any atom is -0.256 e. The van der Waals surface area contributed by atoms with Crippen molar-refractivity contribution in [3.63, 3.8) is 0 Å². The van der Waals surface area contributed by atoms with Crippen molar-refractivity contribution in [1.29, 1.82) is 0 Å². The van der Waals surface area contributed by atoms with Crippen molar-refractivity contribution >= 4 is 0 Å². The van der Waals surface area contributed by atoms with Crippen LogP contribution in [0, 0.1) is 0 Å². The second-order valence-electron chi connectivity index (χ2n) is 20.3. The largest absolute Gasteiger partial charge is 0.256 e. The fourth-order valence-electron chi connectivity index (χ4n) is 11.6. The zero-order chi connectivity index (χ0) is 52.9. The number of benzene rings is 9. The highest BCUT2D eigenvalue weighted by molar-refractivity contribution is 5.80. The molecule has 8 heteroatoms. The molecule has 4 aromatic heterocycles. The average Bonchev–Trinajstić information content (AvgIpc) is 3.61. The molecule has 0 saturated carbocycles. The Bertz CT molecular complexity index is 4170. The molecule has 0 N–H and O–H groups in total. The summed E-state index contributed by atoms with van der Waals surface area (Å²) in [6.45, 7) is 0. The molecule has 0 amide bonds. The molecule has 0 radical (unpaired) electrons. The highest BCUT2D eigenvalue weighted by atomic mass is 15.0. The minimum atomic E-state index is 0.0753. The van der Waals surface area contributed by atoms with Gasteiger partial charge in [-0.25, -0.2) is 29.9 Å². The Balaban J connectivity index is 0.765. The molecule has 0 spiro atoms. The molecule has 9 aromatic carbocycles. The Labute approximate surface area is 463 Å². The summed E-state index contributed by atoms with van der Waals surface area (Å²) >= 11 is 0. The van der Waals surface area contributed by atoms with Gasteiger partial charge in [-0.05, 0) is 104 Å². The molecule has 80 heavy (non-hydrogen) atoms. The second-order valence-corrected chi connectivity index (χ2v) is 20.3. The molecule has 13 aromatic rings. The lowest BCUT2D eigenvalue weighted by molar-refractivity contribution is 0.755. The smallest absolute Gasteiger partial charge is 0.164 e.